The molecular weight excluding hydrogens is 1040 g/mol. The van der Waals surface area contributed by atoms with Crippen LogP contribution in [0.5, 0.6) is 0 Å². The first-order valence-electron chi connectivity index (χ1n) is 22.4. The van der Waals surface area contributed by atoms with E-state index in [0.717, 1.165) is 68.3 Å². The van der Waals surface area contributed by atoms with Crippen LogP contribution in [0.4, 0.5) is 11.4 Å². The molecular formula is C44H59N7O16P3S2+. The number of nitrogens with one attached hydrogen (secondary N) is 2. The topological polar surface area (TPSA) is 333 Å². The summed E-state index contributed by atoms with van der Waals surface area (Å²) in [4.78, 5) is 84.6. The van der Waals surface area contributed by atoms with Crippen LogP contribution in [0.25, 0.3) is 6.08 Å². The fraction of sp³-hybridized carbons (Fsp3) is 0.409. The zero-order chi connectivity index (χ0) is 52.5. The Morgan fingerprint density at radius 1 is 1.00 bits per heavy atom. The molecule has 1 saturated heterocycles. The largest absolute Gasteiger partial charge is 0.390 e. The van der Waals surface area contributed by atoms with Gasteiger partial charge in [-0.15, -0.1) is 9.32 Å². The van der Waals surface area contributed by atoms with Crippen LogP contribution < -0.4 is 32.5 Å². The molecule has 1 amide bonds. The Morgan fingerprint density at radius 3 is 2.47 bits per heavy atom. The number of sulfonamides is 1. The van der Waals surface area contributed by atoms with Gasteiger partial charge in [0.2, 0.25) is 21.6 Å². The van der Waals surface area contributed by atoms with Crippen LogP contribution in [0.1, 0.15) is 89.6 Å². The molecule has 0 aliphatic carbocycles. The standard InChI is InChI=1S/C44H58N7O16P3S2/c1-6-49-33-19-17-30(72(46,60)61)24-32(33)44(4,5)37(49)13-9-7-10-14-38-43(2,3)31-23-29(71-65-64-45)16-18-34(31)50(38)22-12-8-11-15-39(53)47-21-20-28-26-51(42(55)48-41(28)54)40-25-35(52)36(63-40)27-62-69(58)67-70(59)66-68(56)57/h7,9-10,13-14,16-21,23-24,26,35-36,40,52,56-59H,6,8,11-12,15,22,25,27,45H2,1-5H3,(H3-,46,47,48,53,54,55,60,61)/p+1/b21-20+/t35-,36-,40-,69?,70?/m1/s1. The number of benzene rings is 2. The number of aromatic nitrogens is 2. The molecule has 392 valence electrons. The maximum Gasteiger partial charge on any atom is 0.344 e. The third-order valence-electron chi connectivity index (χ3n) is 12.2. The Labute approximate surface area is 423 Å². The zero-order valence-electron chi connectivity index (χ0n) is 39.9. The molecule has 3 aliphatic heterocycles. The fourth-order valence-electron chi connectivity index (χ4n) is 8.73. The lowest BCUT2D eigenvalue weighted by Crippen LogP contribution is -2.33. The van der Waals surface area contributed by atoms with Crippen molar-refractivity contribution in [3.8, 4) is 0 Å². The third-order valence-corrected chi connectivity index (χ3v) is 16.3. The number of likely N-dealkylation sites (N-methyl/N-ethyl adjacent to an activating group) is 1. The van der Waals surface area contributed by atoms with Crippen molar-refractivity contribution in [1.82, 2.24) is 14.9 Å². The predicted molar refractivity (Wildman–Crippen MR) is 271 cm³/mol. The summed E-state index contributed by atoms with van der Waals surface area (Å²) >= 11 is 1.00. The second kappa shape index (κ2) is 25.1. The lowest BCUT2D eigenvalue weighted by molar-refractivity contribution is -0.438. The molecule has 23 nitrogen and oxygen atoms in total. The SMILES string of the molecule is CCN1\C(=C/C=C/C=C/C2=[N+](CCCCCC(=O)N/C=C/c3cn([C@H]4C[C@@H](O)[C@@H](COP(O)OP(O)OP(O)O)O4)c(=O)[nH]c3=O)c3ccc(SOON)cc3C2(C)C)C(C)(C)c2cc(S(N)(=O)=O)ccc21. The van der Waals surface area contributed by atoms with E-state index in [1.165, 1.54) is 24.5 Å². The summed E-state index contributed by atoms with van der Waals surface area (Å²) < 4.78 is 52.2. The summed E-state index contributed by atoms with van der Waals surface area (Å²) in [7, 11) is -12.4. The number of anilines is 1. The number of aromatic amines is 1. The molecule has 5 atom stereocenters. The van der Waals surface area contributed by atoms with E-state index in [2.05, 4.69) is 67.2 Å². The highest BCUT2D eigenvalue weighted by Gasteiger charge is 2.45. The van der Waals surface area contributed by atoms with Gasteiger partial charge in [-0.05, 0) is 81.7 Å². The van der Waals surface area contributed by atoms with Crippen molar-refractivity contribution >= 4 is 76.9 Å². The molecule has 11 N–H and O–H groups in total. The van der Waals surface area contributed by atoms with Crippen LogP contribution in [0.3, 0.4) is 0 Å². The average molecular weight is 1100 g/mol. The number of nitrogens with two attached hydrogens (primary N) is 2. The van der Waals surface area contributed by atoms with Crippen molar-refractivity contribution in [2.24, 2.45) is 11.0 Å². The molecule has 0 bridgehead atoms. The number of hydrogen-bond donors (Lipinski definition) is 9. The maximum absolute atomic E-state index is 12.9. The van der Waals surface area contributed by atoms with Crippen molar-refractivity contribution in [2.75, 3.05) is 24.6 Å². The summed E-state index contributed by atoms with van der Waals surface area (Å²) in [5, 5.41) is 18.6. The van der Waals surface area contributed by atoms with Crippen molar-refractivity contribution in [3.05, 3.63) is 122 Å². The van der Waals surface area contributed by atoms with Crippen LogP contribution in [0, 0.1) is 0 Å². The number of nitrogens with zero attached hydrogens (tertiary/aromatic N) is 3. The van der Waals surface area contributed by atoms with Gasteiger partial charge in [-0.1, -0.05) is 32.1 Å². The van der Waals surface area contributed by atoms with Gasteiger partial charge in [-0.25, -0.2) is 27.0 Å². The van der Waals surface area contributed by atoms with Crippen LogP contribution in [0.15, 0.2) is 104 Å². The molecule has 4 heterocycles. The van der Waals surface area contributed by atoms with E-state index >= 15 is 0 Å². The number of aliphatic hydroxyl groups excluding tert-OH is 1. The smallest absolute Gasteiger partial charge is 0.344 e. The molecule has 1 fully saturated rings. The van der Waals surface area contributed by atoms with Crippen molar-refractivity contribution in [2.45, 2.75) is 106 Å². The molecule has 72 heavy (non-hydrogen) atoms. The normalized spacial score (nSPS) is 21.0. The molecule has 28 heteroatoms. The predicted octanol–water partition coefficient (Wildman–Crippen LogP) is 4.90. The van der Waals surface area contributed by atoms with Gasteiger partial charge in [0, 0.05) is 77.6 Å². The minimum atomic E-state index is -3.87. The summed E-state index contributed by atoms with van der Waals surface area (Å²) in [6.07, 6.45) is 12.7. The van der Waals surface area contributed by atoms with E-state index in [4.69, 9.17) is 34.4 Å². The van der Waals surface area contributed by atoms with Crippen LogP contribution in [-0.2, 0) is 52.9 Å². The van der Waals surface area contributed by atoms with Gasteiger partial charge in [-0.2, -0.15) is 10.5 Å². The van der Waals surface area contributed by atoms with Gasteiger partial charge >= 0.3 is 31.5 Å². The third kappa shape index (κ3) is 14.1. The first kappa shape index (κ1) is 57.4. The Kier molecular flexibility index (Phi) is 20.0. The molecule has 1 aromatic heterocycles. The summed E-state index contributed by atoms with van der Waals surface area (Å²) in [5.74, 6) is 4.82. The molecule has 2 aromatic carbocycles. The Morgan fingerprint density at radius 2 is 1.76 bits per heavy atom. The highest BCUT2D eigenvalue weighted by molar-refractivity contribution is 7.94. The number of hydrogen-bond acceptors (Lipinski definition) is 19. The van der Waals surface area contributed by atoms with Gasteiger partial charge in [0.25, 0.3) is 5.56 Å². The Balaban J connectivity index is 1.06. The average Bonchev–Trinajstić information content (AvgIpc) is 3.86. The van der Waals surface area contributed by atoms with E-state index in [9.17, 15) is 37.7 Å². The molecule has 3 aliphatic rings. The number of ether oxygens (including phenoxy) is 1. The maximum atomic E-state index is 12.9. The zero-order valence-corrected chi connectivity index (χ0v) is 44.2. The minimum absolute atomic E-state index is 0.00663. The minimum Gasteiger partial charge on any atom is -0.390 e. The van der Waals surface area contributed by atoms with Gasteiger partial charge in [0.1, 0.15) is 18.9 Å². The molecule has 0 spiro atoms. The highest BCUT2D eigenvalue weighted by atomic mass is 32.2. The van der Waals surface area contributed by atoms with E-state index < -0.39 is 83.0 Å². The second-order valence-corrected chi connectivity index (χ2v) is 22.9. The second-order valence-electron chi connectivity index (χ2n) is 17.6. The number of unbranched alkanes of at least 4 members (excludes halogenated alkanes) is 2. The van der Waals surface area contributed by atoms with Crippen molar-refractivity contribution in [3.63, 3.8) is 0 Å². The number of fused-ring (bicyclic) bond motifs is 2. The van der Waals surface area contributed by atoms with Gasteiger partial charge < -0.3 is 44.2 Å². The lowest BCUT2D eigenvalue weighted by Gasteiger charge is -2.25. The van der Waals surface area contributed by atoms with E-state index in [0.29, 0.717) is 19.5 Å². The lowest BCUT2D eigenvalue weighted by atomic mass is 9.81. The van der Waals surface area contributed by atoms with Crippen molar-refractivity contribution < 1.29 is 69.7 Å². The van der Waals surface area contributed by atoms with Crippen LogP contribution in [0.2, 0.25) is 0 Å². The van der Waals surface area contributed by atoms with E-state index in [-0.39, 0.29) is 29.2 Å². The number of aliphatic hydroxyl groups is 1. The number of carbonyl (C=O) groups is 1. The fourth-order valence-corrected chi connectivity index (χ4v) is 11.5. The molecule has 3 aromatic rings. The molecule has 0 radical (unpaired) electrons. The van der Waals surface area contributed by atoms with Crippen molar-refractivity contribution in [1.29, 1.82) is 0 Å². The number of rotatable bonds is 24. The number of carbonyl (C=O) groups excluding carboxylic acids is 1. The number of allylic oxidation sites excluding steroid dienone is 6. The van der Waals surface area contributed by atoms with Crippen LogP contribution in [-0.4, -0.2) is 90.7 Å². The number of H-pyrrole nitrogens is 1. The first-order chi connectivity index (χ1) is 34.1. The van der Waals surface area contributed by atoms with E-state index in [1.807, 2.05) is 49.4 Å². The van der Waals surface area contributed by atoms with E-state index in [1.54, 1.807) is 12.1 Å². The highest BCUT2D eigenvalue weighted by Crippen LogP contribution is 2.55. The summed E-state index contributed by atoms with van der Waals surface area (Å²) in [5.41, 5.74) is 3.53. The summed E-state index contributed by atoms with van der Waals surface area (Å²) in [6, 6.07) is 11.0. The molecule has 0 saturated carbocycles. The number of primary sulfonamides is 1. The van der Waals surface area contributed by atoms with Gasteiger partial charge in [0.15, 0.2) is 5.71 Å². The quantitative estimate of drug-likeness (QED) is 0.0110. The van der Waals surface area contributed by atoms with Crippen LogP contribution >= 0.6 is 37.8 Å². The van der Waals surface area contributed by atoms with Gasteiger partial charge in [0.05, 0.1) is 40.6 Å². The number of amides is 1. The molecule has 2 unspecified atom stereocenters. The summed E-state index contributed by atoms with van der Waals surface area (Å²) in [6.45, 7) is 11.3. The Hall–Kier alpha value is -3.91. The van der Waals surface area contributed by atoms with Gasteiger partial charge in [-0.3, -0.25) is 19.1 Å². The Bertz CT molecular complexity index is 2840. The molecule has 6 rings (SSSR count). The monoisotopic (exact) mass is 1100 g/mol. The first-order valence-corrected chi connectivity index (χ1v) is 28.1.